The zero-order chi connectivity index (χ0) is 13.2. The van der Waals surface area contributed by atoms with Crippen molar-refractivity contribution in [3.8, 4) is 0 Å². The van der Waals surface area contributed by atoms with Crippen molar-refractivity contribution in [1.29, 1.82) is 0 Å². The van der Waals surface area contributed by atoms with Crippen LogP contribution in [-0.4, -0.2) is 42.3 Å². The number of nitrogens with zero attached hydrogens (tertiary/aromatic N) is 1. The van der Waals surface area contributed by atoms with Crippen LogP contribution in [0.3, 0.4) is 0 Å². The topological polar surface area (TPSA) is 38.5 Å². The van der Waals surface area contributed by atoms with Crippen LogP contribution >= 0.6 is 0 Å². The number of ether oxygens (including phenoxy) is 1. The second-order valence-corrected chi connectivity index (χ2v) is 6.59. The van der Waals surface area contributed by atoms with Gasteiger partial charge in [-0.1, -0.05) is 27.7 Å². The molecule has 2 unspecified atom stereocenters. The molecule has 1 aliphatic heterocycles. The molecular formula is C14H30N2O. The van der Waals surface area contributed by atoms with Gasteiger partial charge >= 0.3 is 0 Å². The molecule has 3 heteroatoms. The third kappa shape index (κ3) is 3.94. The van der Waals surface area contributed by atoms with Crippen molar-refractivity contribution < 1.29 is 4.74 Å². The molecule has 3 nitrogen and oxygen atoms in total. The third-order valence-electron chi connectivity index (χ3n) is 3.61. The Morgan fingerprint density at radius 2 is 1.71 bits per heavy atom. The summed E-state index contributed by atoms with van der Waals surface area (Å²) in [5, 5.41) is 0. The highest BCUT2D eigenvalue weighted by molar-refractivity contribution is 4.93. The van der Waals surface area contributed by atoms with E-state index in [1.54, 1.807) is 0 Å². The van der Waals surface area contributed by atoms with Gasteiger partial charge in [0, 0.05) is 25.2 Å². The first-order valence-corrected chi connectivity index (χ1v) is 6.90. The maximum absolute atomic E-state index is 6.34. The molecule has 0 saturated carbocycles. The highest BCUT2D eigenvalue weighted by atomic mass is 16.5. The monoisotopic (exact) mass is 242 g/mol. The smallest absolute Gasteiger partial charge is 0.0678 e. The second kappa shape index (κ2) is 5.68. The van der Waals surface area contributed by atoms with Gasteiger partial charge in [-0.15, -0.1) is 0 Å². The van der Waals surface area contributed by atoms with Crippen molar-refractivity contribution in [2.24, 2.45) is 11.1 Å². The molecule has 0 bridgehead atoms. The lowest BCUT2D eigenvalue weighted by Crippen LogP contribution is -2.60. The third-order valence-corrected chi connectivity index (χ3v) is 3.61. The van der Waals surface area contributed by atoms with E-state index in [1.807, 2.05) is 0 Å². The first kappa shape index (κ1) is 14.9. The summed E-state index contributed by atoms with van der Waals surface area (Å²) in [5.41, 5.74) is 6.56. The fourth-order valence-electron chi connectivity index (χ4n) is 3.13. The van der Waals surface area contributed by atoms with Gasteiger partial charge < -0.3 is 10.5 Å². The minimum atomic E-state index is 0.214. The molecule has 1 saturated heterocycles. The van der Waals surface area contributed by atoms with E-state index in [0.29, 0.717) is 18.2 Å². The lowest BCUT2D eigenvalue weighted by atomic mass is 9.80. The number of hydrogen-bond donors (Lipinski definition) is 1. The predicted octanol–water partition coefficient (Wildman–Crippen LogP) is 2.25. The lowest BCUT2D eigenvalue weighted by molar-refractivity contribution is -0.0971. The Balaban J connectivity index is 2.82. The Bertz CT molecular complexity index is 227. The Morgan fingerprint density at radius 3 is 2.06 bits per heavy atom. The molecule has 0 radical (unpaired) electrons. The van der Waals surface area contributed by atoms with Gasteiger partial charge in [-0.2, -0.15) is 0 Å². The zero-order valence-electron chi connectivity index (χ0n) is 12.4. The number of morpholine rings is 1. The molecule has 0 aliphatic carbocycles. The molecule has 1 aliphatic rings. The van der Waals surface area contributed by atoms with Crippen LogP contribution < -0.4 is 5.73 Å². The number of hydrogen-bond acceptors (Lipinski definition) is 3. The average molecular weight is 242 g/mol. The first-order valence-electron chi connectivity index (χ1n) is 6.90. The molecule has 0 aromatic rings. The van der Waals surface area contributed by atoms with Crippen LogP contribution in [0.1, 0.15) is 48.0 Å². The molecule has 0 aromatic heterocycles. The van der Waals surface area contributed by atoms with Crippen molar-refractivity contribution in [3.05, 3.63) is 0 Å². The molecular weight excluding hydrogens is 212 g/mol. The maximum atomic E-state index is 6.34. The number of rotatable bonds is 3. The summed E-state index contributed by atoms with van der Waals surface area (Å²) < 4.78 is 5.81. The molecule has 1 rings (SSSR count). The minimum Gasteiger partial charge on any atom is -0.373 e. The van der Waals surface area contributed by atoms with Crippen LogP contribution in [0.25, 0.3) is 0 Å². The molecule has 102 valence electrons. The van der Waals surface area contributed by atoms with Crippen molar-refractivity contribution in [2.45, 2.75) is 72.3 Å². The molecule has 0 amide bonds. The van der Waals surface area contributed by atoms with Crippen molar-refractivity contribution >= 4 is 0 Å². The molecule has 1 heterocycles. The van der Waals surface area contributed by atoms with E-state index in [1.165, 1.54) is 0 Å². The summed E-state index contributed by atoms with van der Waals surface area (Å²) in [6.07, 6.45) is 1.66. The summed E-state index contributed by atoms with van der Waals surface area (Å²) in [7, 11) is 0. The normalized spacial score (nSPS) is 31.2. The Hall–Kier alpha value is -0.120. The van der Waals surface area contributed by atoms with E-state index < -0.39 is 0 Å². The molecule has 0 aromatic carbocycles. The SMILES string of the molecule is CCC(N)C(N1C[C@@H](C)O[C@@H](C)C1)C(C)(C)C. The van der Waals surface area contributed by atoms with E-state index >= 15 is 0 Å². The van der Waals surface area contributed by atoms with Crippen LogP contribution in [0.2, 0.25) is 0 Å². The predicted molar refractivity (Wildman–Crippen MR) is 73.1 cm³/mol. The summed E-state index contributed by atoms with van der Waals surface area (Å²) in [5.74, 6) is 0. The number of nitrogens with two attached hydrogens (primary N) is 1. The highest BCUT2D eigenvalue weighted by Crippen LogP contribution is 2.29. The second-order valence-electron chi connectivity index (χ2n) is 6.59. The highest BCUT2D eigenvalue weighted by Gasteiger charge is 2.37. The summed E-state index contributed by atoms with van der Waals surface area (Å²) in [6.45, 7) is 15.4. The Morgan fingerprint density at radius 1 is 1.24 bits per heavy atom. The molecule has 2 N–H and O–H groups in total. The lowest BCUT2D eigenvalue weighted by Gasteiger charge is -2.47. The fraction of sp³-hybridized carbons (Fsp3) is 1.00. The van der Waals surface area contributed by atoms with Crippen LogP contribution in [0.5, 0.6) is 0 Å². The van der Waals surface area contributed by atoms with Crippen LogP contribution in [-0.2, 0) is 4.74 Å². The summed E-state index contributed by atoms with van der Waals surface area (Å²) >= 11 is 0. The Kier molecular flexibility index (Phi) is 4.99. The largest absolute Gasteiger partial charge is 0.373 e. The molecule has 17 heavy (non-hydrogen) atoms. The van der Waals surface area contributed by atoms with E-state index in [-0.39, 0.29) is 11.5 Å². The first-order chi connectivity index (χ1) is 7.75. The maximum Gasteiger partial charge on any atom is 0.0678 e. The van der Waals surface area contributed by atoms with Crippen LogP contribution in [0.4, 0.5) is 0 Å². The van der Waals surface area contributed by atoms with Crippen LogP contribution in [0, 0.1) is 5.41 Å². The van der Waals surface area contributed by atoms with E-state index in [0.717, 1.165) is 19.5 Å². The van der Waals surface area contributed by atoms with Gasteiger partial charge in [-0.3, -0.25) is 4.90 Å². The van der Waals surface area contributed by atoms with E-state index in [4.69, 9.17) is 10.5 Å². The van der Waals surface area contributed by atoms with Gasteiger partial charge in [0.15, 0.2) is 0 Å². The van der Waals surface area contributed by atoms with Crippen LogP contribution in [0.15, 0.2) is 0 Å². The van der Waals surface area contributed by atoms with Gasteiger partial charge in [0.05, 0.1) is 12.2 Å². The average Bonchev–Trinajstić information content (AvgIpc) is 2.13. The Labute approximate surface area is 107 Å². The standard InChI is InChI=1S/C14H30N2O/c1-7-12(15)13(14(4,5)6)16-8-10(2)17-11(3)9-16/h10-13H,7-9,15H2,1-6H3/t10-,11+,12?,13?. The van der Waals surface area contributed by atoms with Gasteiger partial charge in [0.1, 0.15) is 0 Å². The van der Waals surface area contributed by atoms with Gasteiger partial charge in [0.25, 0.3) is 0 Å². The van der Waals surface area contributed by atoms with Gasteiger partial charge in [0.2, 0.25) is 0 Å². The summed E-state index contributed by atoms with van der Waals surface area (Å²) in [4.78, 5) is 2.53. The van der Waals surface area contributed by atoms with Gasteiger partial charge in [-0.25, -0.2) is 0 Å². The molecule has 4 atom stereocenters. The summed E-state index contributed by atoms with van der Waals surface area (Å²) in [6, 6.07) is 0.675. The quantitative estimate of drug-likeness (QED) is 0.825. The molecule has 0 spiro atoms. The molecule has 1 fully saturated rings. The zero-order valence-corrected chi connectivity index (χ0v) is 12.4. The van der Waals surface area contributed by atoms with Crippen molar-refractivity contribution in [3.63, 3.8) is 0 Å². The van der Waals surface area contributed by atoms with Gasteiger partial charge in [-0.05, 0) is 25.7 Å². The minimum absolute atomic E-state index is 0.214. The van der Waals surface area contributed by atoms with Crippen molar-refractivity contribution in [2.75, 3.05) is 13.1 Å². The van der Waals surface area contributed by atoms with E-state index in [9.17, 15) is 0 Å². The fourth-order valence-corrected chi connectivity index (χ4v) is 3.13. The van der Waals surface area contributed by atoms with Crippen molar-refractivity contribution in [1.82, 2.24) is 4.90 Å². The van der Waals surface area contributed by atoms with E-state index in [2.05, 4.69) is 46.4 Å².